The van der Waals surface area contributed by atoms with Gasteiger partial charge in [-0.2, -0.15) is 0 Å². The summed E-state index contributed by atoms with van der Waals surface area (Å²) in [5.41, 5.74) is 4.58. The minimum absolute atomic E-state index is 0.103. The number of hydrogen-bond acceptors (Lipinski definition) is 6. The Morgan fingerprint density at radius 1 is 1.08 bits per heavy atom. The summed E-state index contributed by atoms with van der Waals surface area (Å²) < 4.78 is 22.5. The SMILES string of the molecule is CCOCC1=CC(OC)=C(c2ccc(C[C@H](NC(=O)c3[nH]c4ccccc4c3OC)C(=O)O)cc2)C(OC)C1. The normalized spacial score (nSPS) is 16.1. The van der Waals surface area contributed by atoms with Gasteiger partial charge in [0.15, 0.2) is 5.75 Å². The van der Waals surface area contributed by atoms with Crippen molar-refractivity contribution in [3.8, 4) is 5.75 Å². The minimum Gasteiger partial charge on any atom is -0.496 e. The van der Waals surface area contributed by atoms with Crippen LogP contribution in [0.5, 0.6) is 5.75 Å². The summed E-state index contributed by atoms with van der Waals surface area (Å²) in [6, 6.07) is 13.7. The lowest BCUT2D eigenvalue weighted by Crippen LogP contribution is -2.42. The van der Waals surface area contributed by atoms with Crippen molar-refractivity contribution in [2.75, 3.05) is 34.5 Å². The first-order valence-corrected chi connectivity index (χ1v) is 12.8. The smallest absolute Gasteiger partial charge is 0.326 e. The summed E-state index contributed by atoms with van der Waals surface area (Å²) in [5, 5.41) is 13.2. The number of H-pyrrole nitrogens is 1. The molecule has 3 aromatic rings. The number of ether oxygens (including phenoxy) is 4. The van der Waals surface area contributed by atoms with Crippen molar-refractivity contribution in [3.63, 3.8) is 0 Å². The lowest BCUT2D eigenvalue weighted by atomic mass is 9.88. The van der Waals surface area contributed by atoms with Crippen molar-refractivity contribution in [2.24, 2.45) is 0 Å². The van der Waals surface area contributed by atoms with Crippen LogP contribution in [0.3, 0.4) is 0 Å². The lowest BCUT2D eigenvalue weighted by Gasteiger charge is -2.27. The molecule has 4 rings (SSSR count). The van der Waals surface area contributed by atoms with Crippen LogP contribution in [0.1, 0.15) is 35.0 Å². The average Bonchev–Trinajstić information content (AvgIpc) is 3.34. The summed E-state index contributed by atoms with van der Waals surface area (Å²) in [4.78, 5) is 28.2. The van der Waals surface area contributed by atoms with Crippen molar-refractivity contribution >= 4 is 28.4 Å². The number of amides is 1. The number of nitrogens with one attached hydrogen (secondary N) is 2. The van der Waals surface area contributed by atoms with Gasteiger partial charge in [-0.05, 0) is 41.8 Å². The van der Waals surface area contributed by atoms with Gasteiger partial charge in [-0.25, -0.2) is 4.79 Å². The number of fused-ring (bicyclic) bond motifs is 1. The number of carbonyl (C=O) groups excluding carboxylic acids is 1. The molecule has 0 radical (unpaired) electrons. The predicted molar refractivity (Wildman–Crippen MR) is 148 cm³/mol. The molecule has 1 aliphatic carbocycles. The second kappa shape index (κ2) is 12.6. The topological polar surface area (TPSA) is 119 Å². The molecule has 1 aromatic heterocycles. The largest absolute Gasteiger partial charge is 0.496 e. The second-order valence-corrected chi connectivity index (χ2v) is 9.19. The number of carboxylic acids is 1. The second-order valence-electron chi connectivity index (χ2n) is 9.19. The maximum Gasteiger partial charge on any atom is 0.326 e. The third-order valence-electron chi connectivity index (χ3n) is 6.76. The van der Waals surface area contributed by atoms with Crippen LogP contribution >= 0.6 is 0 Å². The maximum absolute atomic E-state index is 13.1. The Kier molecular flexibility index (Phi) is 9.06. The van der Waals surface area contributed by atoms with Crippen LogP contribution in [0.2, 0.25) is 0 Å². The van der Waals surface area contributed by atoms with Crippen LogP contribution in [0.4, 0.5) is 0 Å². The van der Waals surface area contributed by atoms with Gasteiger partial charge in [0.2, 0.25) is 0 Å². The Labute approximate surface area is 227 Å². The molecular formula is C30H34N2O7. The van der Waals surface area contributed by atoms with E-state index in [0.717, 1.165) is 33.2 Å². The number of methoxy groups -OCH3 is 3. The van der Waals surface area contributed by atoms with E-state index in [1.807, 2.05) is 61.5 Å². The number of para-hydroxylation sites is 1. The van der Waals surface area contributed by atoms with Crippen molar-refractivity contribution in [3.05, 3.63) is 82.8 Å². The third kappa shape index (κ3) is 6.16. The zero-order chi connectivity index (χ0) is 27.9. The van der Waals surface area contributed by atoms with E-state index in [1.54, 1.807) is 14.2 Å². The number of hydrogen-bond donors (Lipinski definition) is 3. The molecule has 206 valence electrons. The van der Waals surface area contributed by atoms with E-state index < -0.39 is 17.9 Å². The number of carbonyl (C=O) groups is 2. The van der Waals surface area contributed by atoms with Crippen LogP contribution in [-0.2, 0) is 25.4 Å². The van der Waals surface area contributed by atoms with Crippen LogP contribution < -0.4 is 10.1 Å². The van der Waals surface area contributed by atoms with Crippen molar-refractivity contribution in [1.82, 2.24) is 10.3 Å². The van der Waals surface area contributed by atoms with Crippen LogP contribution in [0.25, 0.3) is 16.5 Å². The molecule has 0 aliphatic heterocycles. The van der Waals surface area contributed by atoms with Gasteiger partial charge in [-0.3, -0.25) is 4.79 Å². The molecule has 2 atom stereocenters. The molecule has 0 fully saturated rings. The molecular weight excluding hydrogens is 500 g/mol. The number of allylic oxidation sites excluding steroid dienone is 1. The number of aromatic nitrogens is 1. The van der Waals surface area contributed by atoms with Crippen LogP contribution in [0, 0.1) is 0 Å². The van der Waals surface area contributed by atoms with E-state index in [4.69, 9.17) is 18.9 Å². The van der Waals surface area contributed by atoms with E-state index in [-0.39, 0.29) is 18.2 Å². The highest BCUT2D eigenvalue weighted by Crippen LogP contribution is 2.34. The number of rotatable bonds is 12. The fourth-order valence-corrected chi connectivity index (χ4v) is 4.83. The Balaban J connectivity index is 1.53. The minimum atomic E-state index is -1.14. The molecule has 9 nitrogen and oxygen atoms in total. The highest BCUT2D eigenvalue weighted by atomic mass is 16.5. The van der Waals surface area contributed by atoms with Gasteiger partial charge in [-0.15, -0.1) is 0 Å². The standard InChI is InChI=1S/C30H34N2O7/c1-5-39-17-19-15-24(36-2)26(25(16-19)37-3)20-12-10-18(11-13-20)14-23(30(34)35)32-29(33)27-28(38-4)21-8-6-7-9-22(21)31-27/h6-13,15,23,25,31H,5,14,16-17H2,1-4H3,(H,32,33)(H,34,35)/t23-,25?/m0/s1. The predicted octanol–water partition coefficient (Wildman–Crippen LogP) is 4.34. The Hall–Kier alpha value is -4.08. The highest BCUT2D eigenvalue weighted by molar-refractivity contribution is 6.04. The first kappa shape index (κ1) is 27.9. The molecule has 1 heterocycles. The van der Waals surface area contributed by atoms with Crippen molar-refractivity contribution < 1.29 is 33.6 Å². The molecule has 0 saturated carbocycles. The Morgan fingerprint density at radius 2 is 1.82 bits per heavy atom. The molecule has 1 amide bonds. The van der Waals surface area contributed by atoms with E-state index in [1.165, 1.54) is 7.11 Å². The Bertz CT molecular complexity index is 1390. The molecule has 9 heteroatoms. The summed E-state index contributed by atoms with van der Waals surface area (Å²) in [5.74, 6) is -0.608. The molecule has 0 bridgehead atoms. The molecule has 3 N–H and O–H groups in total. The highest BCUT2D eigenvalue weighted by Gasteiger charge is 2.28. The number of benzene rings is 2. The first-order valence-electron chi connectivity index (χ1n) is 12.8. The van der Waals surface area contributed by atoms with E-state index in [0.29, 0.717) is 31.1 Å². The third-order valence-corrected chi connectivity index (χ3v) is 6.76. The quantitative estimate of drug-likeness (QED) is 0.316. The van der Waals surface area contributed by atoms with Gasteiger partial charge in [0.05, 0.1) is 26.9 Å². The van der Waals surface area contributed by atoms with Gasteiger partial charge >= 0.3 is 5.97 Å². The van der Waals surface area contributed by atoms with Crippen LogP contribution in [0.15, 0.2) is 65.9 Å². The van der Waals surface area contributed by atoms with E-state index >= 15 is 0 Å². The number of aromatic amines is 1. The first-order chi connectivity index (χ1) is 18.9. The van der Waals surface area contributed by atoms with Gasteiger partial charge in [0.1, 0.15) is 17.5 Å². The summed E-state index contributed by atoms with van der Waals surface area (Å²) >= 11 is 0. The molecule has 1 unspecified atom stereocenters. The fraction of sp³-hybridized carbons (Fsp3) is 0.333. The molecule has 1 aliphatic rings. The fourth-order valence-electron chi connectivity index (χ4n) is 4.83. The summed E-state index contributed by atoms with van der Waals surface area (Å²) in [7, 11) is 4.76. The monoisotopic (exact) mass is 534 g/mol. The summed E-state index contributed by atoms with van der Waals surface area (Å²) in [6.07, 6.45) is 2.57. The Morgan fingerprint density at radius 3 is 2.46 bits per heavy atom. The molecule has 39 heavy (non-hydrogen) atoms. The zero-order valence-electron chi connectivity index (χ0n) is 22.6. The van der Waals surface area contributed by atoms with Crippen molar-refractivity contribution in [2.45, 2.75) is 31.9 Å². The lowest BCUT2D eigenvalue weighted by molar-refractivity contribution is -0.139. The zero-order valence-corrected chi connectivity index (χ0v) is 22.6. The summed E-state index contributed by atoms with van der Waals surface area (Å²) in [6.45, 7) is 3.10. The van der Waals surface area contributed by atoms with Gasteiger partial charge in [0.25, 0.3) is 5.91 Å². The van der Waals surface area contributed by atoms with Gasteiger partial charge in [0, 0.05) is 43.0 Å². The van der Waals surface area contributed by atoms with Gasteiger partial charge < -0.3 is 34.4 Å². The van der Waals surface area contributed by atoms with Gasteiger partial charge in [-0.1, -0.05) is 36.4 Å². The number of carboxylic acid groups (broad SMARTS) is 1. The molecule has 0 spiro atoms. The number of aliphatic carboxylic acids is 1. The van der Waals surface area contributed by atoms with Crippen molar-refractivity contribution in [1.29, 1.82) is 0 Å². The molecule has 2 aromatic carbocycles. The maximum atomic E-state index is 13.1. The average molecular weight is 535 g/mol. The van der Waals surface area contributed by atoms with E-state index in [9.17, 15) is 14.7 Å². The van der Waals surface area contributed by atoms with E-state index in [2.05, 4.69) is 10.3 Å². The molecule has 0 saturated heterocycles. The van der Waals surface area contributed by atoms with Crippen LogP contribution in [-0.4, -0.2) is 68.7 Å².